The third-order valence-electron chi connectivity index (χ3n) is 6.32. The first-order valence-corrected chi connectivity index (χ1v) is 14.2. The highest BCUT2D eigenvalue weighted by atomic mass is 35.5. The van der Waals surface area contributed by atoms with E-state index >= 15 is 0 Å². The van der Waals surface area contributed by atoms with E-state index < -0.39 is 28.5 Å². The molecule has 1 atom stereocenters. The van der Waals surface area contributed by atoms with Gasteiger partial charge in [0.1, 0.15) is 12.6 Å². The zero-order valence-corrected chi connectivity index (χ0v) is 22.1. The second-order valence-electron chi connectivity index (χ2n) is 9.15. The molecule has 0 spiro atoms. The molecule has 3 rings (SSSR count). The van der Waals surface area contributed by atoms with Gasteiger partial charge in [-0.1, -0.05) is 73.3 Å². The normalized spacial score (nSPS) is 15.0. The molecule has 1 aliphatic rings. The molecule has 2 aromatic carbocycles. The molecule has 9 heteroatoms. The summed E-state index contributed by atoms with van der Waals surface area (Å²) in [7, 11) is -3.82. The third kappa shape index (κ3) is 7.21. The minimum Gasteiger partial charge on any atom is -0.352 e. The summed E-state index contributed by atoms with van der Waals surface area (Å²) < 4.78 is 26.3. The Morgan fingerprint density at radius 3 is 2.40 bits per heavy atom. The molecular formula is C26H34ClN3O4S. The van der Waals surface area contributed by atoms with Crippen LogP contribution in [0.1, 0.15) is 50.2 Å². The number of aryl methyl sites for hydroxylation is 1. The predicted molar refractivity (Wildman–Crippen MR) is 140 cm³/mol. The Labute approximate surface area is 213 Å². The number of anilines is 1. The standard InChI is InChI=1S/C26H34ClN3O4S/c1-4-23(26(32)28-21-12-5-6-13-21)29(17-20-11-9-10-19(2)16-20)25(31)18-30(35(3,33)34)24-15-8-7-14-22(24)27/h7-11,14-16,21,23H,4-6,12-13,17-18H2,1-3H3,(H,28,32)/t23-/m0/s1. The lowest BCUT2D eigenvalue weighted by atomic mass is 10.1. The van der Waals surface area contributed by atoms with E-state index in [4.69, 9.17) is 11.6 Å². The third-order valence-corrected chi connectivity index (χ3v) is 7.77. The number of nitrogens with zero attached hydrogens (tertiary/aromatic N) is 2. The molecule has 190 valence electrons. The van der Waals surface area contributed by atoms with Gasteiger partial charge in [-0.3, -0.25) is 13.9 Å². The second kappa shape index (κ2) is 11.9. The Balaban J connectivity index is 1.93. The highest BCUT2D eigenvalue weighted by Crippen LogP contribution is 2.28. The Morgan fingerprint density at radius 1 is 1.11 bits per heavy atom. The first-order valence-electron chi connectivity index (χ1n) is 12.0. The summed E-state index contributed by atoms with van der Waals surface area (Å²) in [5.74, 6) is -0.672. The molecule has 2 aromatic rings. The van der Waals surface area contributed by atoms with Crippen molar-refractivity contribution in [2.75, 3.05) is 17.1 Å². The van der Waals surface area contributed by atoms with E-state index in [0.29, 0.717) is 6.42 Å². The number of para-hydroxylation sites is 1. The molecule has 0 saturated heterocycles. The fourth-order valence-corrected chi connectivity index (χ4v) is 5.69. The zero-order chi connectivity index (χ0) is 25.6. The molecule has 0 radical (unpaired) electrons. The van der Waals surface area contributed by atoms with Gasteiger partial charge in [0, 0.05) is 12.6 Å². The van der Waals surface area contributed by atoms with Crippen LogP contribution < -0.4 is 9.62 Å². The van der Waals surface area contributed by atoms with Crippen LogP contribution in [0.5, 0.6) is 0 Å². The van der Waals surface area contributed by atoms with Crippen molar-refractivity contribution < 1.29 is 18.0 Å². The number of carbonyl (C=O) groups excluding carboxylic acids is 2. The minimum absolute atomic E-state index is 0.114. The average molecular weight is 520 g/mol. The van der Waals surface area contributed by atoms with Gasteiger partial charge in [-0.25, -0.2) is 8.42 Å². The van der Waals surface area contributed by atoms with Gasteiger partial charge in [-0.2, -0.15) is 0 Å². The number of amides is 2. The number of nitrogens with one attached hydrogen (secondary N) is 1. The Morgan fingerprint density at radius 2 is 1.80 bits per heavy atom. The SMILES string of the molecule is CC[C@@H](C(=O)NC1CCCC1)N(Cc1cccc(C)c1)C(=O)CN(c1ccccc1Cl)S(C)(=O)=O. The Kier molecular flexibility index (Phi) is 9.19. The van der Waals surface area contributed by atoms with Gasteiger partial charge in [0.05, 0.1) is 17.0 Å². The molecule has 1 saturated carbocycles. The fourth-order valence-electron chi connectivity index (χ4n) is 4.54. The Hall–Kier alpha value is -2.58. The van der Waals surface area contributed by atoms with Crippen LogP contribution in [0.25, 0.3) is 0 Å². The number of benzene rings is 2. The van der Waals surface area contributed by atoms with Crippen LogP contribution in [0.2, 0.25) is 5.02 Å². The molecule has 0 aromatic heterocycles. The van der Waals surface area contributed by atoms with E-state index in [1.807, 2.05) is 38.1 Å². The van der Waals surface area contributed by atoms with Crippen LogP contribution in [0.3, 0.4) is 0 Å². The number of hydrogen-bond acceptors (Lipinski definition) is 4. The van der Waals surface area contributed by atoms with E-state index in [2.05, 4.69) is 5.32 Å². The summed E-state index contributed by atoms with van der Waals surface area (Å²) in [5, 5.41) is 3.33. The number of hydrogen-bond donors (Lipinski definition) is 1. The monoisotopic (exact) mass is 519 g/mol. The maximum absolute atomic E-state index is 13.7. The highest BCUT2D eigenvalue weighted by molar-refractivity contribution is 7.92. The van der Waals surface area contributed by atoms with Crippen molar-refractivity contribution in [2.45, 2.75) is 64.6 Å². The summed E-state index contributed by atoms with van der Waals surface area (Å²) in [6.45, 7) is 3.55. The largest absolute Gasteiger partial charge is 0.352 e. The summed E-state index contributed by atoms with van der Waals surface area (Å²) in [5.41, 5.74) is 2.13. The van der Waals surface area contributed by atoms with E-state index in [1.54, 1.807) is 24.3 Å². The molecule has 0 heterocycles. The van der Waals surface area contributed by atoms with Crippen molar-refractivity contribution in [3.63, 3.8) is 0 Å². The molecule has 0 bridgehead atoms. The van der Waals surface area contributed by atoms with Gasteiger partial charge in [0.2, 0.25) is 21.8 Å². The molecule has 1 N–H and O–H groups in total. The van der Waals surface area contributed by atoms with Crippen LogP contribution in [-0.4, -0.2) is 50.0 Å². The van der Waals surface area contributed by atoms with Gasteiger partial charge in [0.15, 0.2) is 0 Å². The average Bonchev–Trinajstić information content (AvgIpc) is 3.30. The Bertz CT molecular complexity index is 1150. The number of rotatable bonds is 10. The molecule has 7 nitrogen and oxygen atoms in total. The van der Waals surface area contributed by atoms with Crippen LogP contribution >= 0.6 is 11.6 Å². The van der Waals surface area contributed by atoms with Crippen LogP contribution in [0, 0.1) is 6.92 Å². The van der Waals surface area contributed by atoms with Gasteiger partial charge in [0.25, 0.3) is 0 Å². The first-order chi connectivity index (χ1) is 16.6. The quantitative estimate of drug-likeness (QED) is 0.507. The van der Waals surface area contributed by atoms with Crippen LogP contribution in [0.4, 0.5) is 5.69 Å². The van der Waals surface area contributed by atoms with Crippen molar-refractivity contribution in [1.82, 2.24) is 10.2 Å². The molecule has 35 heavy (non-hydrogen) atoms. The zero-order valence-electron chi connectivity index (χ0n) is 20.5. The van der Waals surface area contributed by atoms with Crippen LogP contribution in [0.15, 0.2) is 48.5 Å². The second-order valence-corrected chi connectivity index (χ2v) is 11.5. The van der Waals surface area contributed by atoms with Gasteiger partial charge in [-0.05, 0) is 43.9 Å². The molecule has 0 aliphatic heterocycles. The maximum Gasteiger partial charge on any atom is 0.244 e. The summed E-state index contributed by atoms with van der Waals surface area (Å²) in [6, 6.07) is 13.6. The van der Waals surface area contributed by atoms with Gasteiger partial charge < -0.3 is 10.2 Å². The minimum atomic E-state index is -3.82. The van der Waals surface area contributed by atoms with E-state index in [0.717, 1.165) is 47.4 Å². The van der Waals surface area contributed by atoms with Gasteiger partial charge in [-0.15, -0.1) is 0 Å². The van der Waals surface area contributed by atoms with Crippen molar-refractivity contribution in [2.24, 2.45) is 0 Å². The molecule has 0 unspecified atom stereocenters. The fraction of sp³-hybridized carbons (Fsp3) is 0.462. The maximum atomic E-state index is 13.7. The highest BCUT2D eigenvalue weighted by Gasteiger charge is 2.33. The molecule has 1 aliphatic carbocycles. The lowest BCUT2D eigenvalue weighted by molar-refractivity contribution is -0.140. The van der Waals surface area contributed by atoms with Crippen molar-refractivity contribution in [1.29, 1.82) is 0 Å². The van der Waals surface area contributed by atoms with E-state index in [1.165, 1.54) is 4.90 Å². The summed E-state index contributed by atoms with van der Waals surface area (Å²) >= 11 is 6.28. The number of carbonyl (C=O) groups is 2. The molecule has 2 amide bonds. The smallest absolute Gasteiger partial charge is 0.244 e. The van der Waals surface area contributed by atoms with Crippen molar-refractivity contribution >= 4 is 39.1 Å². The molecular weight excluding hydrogens is 486 g/mol. The lowest BCUT2D eigenvalue weighted by Gasteiger charge is -2.33. The van der Waals surface area contributed by atoms with Crippen molar-refractivity contribution in [3.8, 4) is 0 Å². The number of sulfonamides is 1. The lowest BCUT2D eigenvalue weighted by Crippen LogP contribution is -2.53. The summed E-state index contributed by atoms with van der Waals surface area (Å²) in [6.07, 6.45) is 5.47. The van der Waals surface area contributed by atoms with E-state index in [9.17, 15) is 18.0 Å². The molecule has 1 fully saturated rings. The van der Waals surface area contributed by atoms with E-state index in [-0.39, 0.29) is 29.2 Å². The van der Waals surface area contributed by atoms with Crippen molar-refractivity contribution in [3.05, 3.63) is 64.7 Å². The topological polar surface area (TPSA) is 86.8 Å². The predicted octanol–water partition coefficient (Wildman–Crippen LogP) is 4.28. The first kappa shape index (κ1) is 27.0. The number of halogens is 1. The van der Waals surface area contributed by atoms with Gasteiger partial charge >= 0.3 is 0 Å². The van der Waals surface area contributed by atoms with Crippen LogP contribution in [-0.2, 0) is 26.2 Å². The summed E-state index contributed by atoms with van der Waals surface area (Å²) in [4.78, 5) is 28.5.